The molecule has 1 fully saturated rings. The number of piperazine rings is 1. The Hall–Kier alpha value is -2.43. The molecule has 3 heterocycles. The average molecular weight is 448 g/mol. The lowest BCUT2D eigenvalue weighted by Gasteiger charge is -2.33. The molecule has 0 atom stereocenters. The van der Waals surface area contributed by atoms with E-state index in [1.807, 2.05) is 12.1 Å². The summed E-state index contributed by atoms with van der Waals surface area (Å²) in [4.78, 5) is 13.7. The molecule has 0 radical (unpaired) electrons. The monoisotopic (exact) mass is 447 g/mol. The smallest absolute Gasteiger partial charge is 0.276 e. The number of nitrogens with one attached hydrogen (secondary N) is 1. The highest BCUT2D eigenvalue weighted by Crippen LogP contribution is 2.24. The first-order chi connectivity index (χ1) is 14.5. The molecule has 0 aliphatic carbocycles. The van der Waals surface area contributed by atoms with Crippen LogP contribution in [0.5, 0.6) is 5.75 Å². The molecule has 0 unspecified atom stereocenters. The second kappa shape index (κ2) is 8.75. The number of imidazole rings is 1. The molecule has 1 aromatic carbocycles. The van der Waals surface area contributed by atoms with E-state index < -0.39 is 10.0 Å². The number of anilines is 1. The van der Waals surface area contributed by atoms with Crippen LogP contribution in [0.2, 0.25) is 0 Å². The third kappa shape index (κ3) is 4.50. The highest BCUT2D eigenvalue weighted by molar-refractivity contribution is 7.89. The number of methoxy groups -OCH3 is 1. The number of sulfonamides is 1. The molecule has 0 saturated carbocycles. The van der Waals surface area contributed by atoms with Crippen LogP contribution in [0.15, 0.2) is 41.0 Å². The van der Waals surface area contributed by atoms with Crippen molar-refractivity contribution in [2.45, 2.75) is 24.9 Å². The molecule has 0 bridgehead atoms. The molecule has 1 saturated heterocycles. The second-order valence-corrected chi connectivity index (χ2v) is 9.92. The molecule has 4 rings (SSSR count). The predicted octanol–water partition coefficient (Wildman–Crippen LogP) is 2.48. The zero-order valence-electron chi connectivity index (χ0n) is 17.0. The van der Waals surface area contributed by atoms with Gasteiger partial charge in [-0.2, -0.15) is 4.31 Å². The van der Waals surface area contributed by atoms with E-state index in [-0.39, 0.29) is 5.16 Å². The number of aromatic nitrogens is 3. The summed E-state index contributed by atoms with van der Waals surface area (Å²) in [6.07, 6.45) is 3.32. The number of ether oxygens (including phenoxy) is 1. The molecule has 2 aromatic heterocycles. The number of hydrogen-bond acceptors (Lipinski definition) is 7. The Kier molecular flexibility index (Phi) is 6.07. The van der Waals surface area contributed by atoms with Crippen LogP contribution in [0.25, 0.3) is 0 Å². The molecule has 8 nitrogen and oxygen atoms in total. The zero-order chi connectivity index (χ0) is 21.1. The molecule has 1 aliphatic rings. The van der Waals surface area contributed by atoms with E-state index in [4.69, 9.17) is 9.72 Å². The lowest BCUT2D eigenvalue weighted by Crippen LogP contribution is -2.48. The van der Waals surface area contributed by atoms with Crippen molar-refractivity contribution in [3.05, 3.63) is 52.8 Å². The number of hydrogen-bond donors (Lipinski definition) is 1. The largest absolute Gasteiger partial charge is 0.497 e. The van der Waals surface area contributed by atoms with Crippen LogP contribution < -0.4 is 9.64 Å². The third-order valence-corrected chi connectivity index (χ3v) is 7.83. The normalized spacial score (nSPS) is 15.5. The minimum Gasteiger partial charge on any atom is -0.497 e. The average Bonchev–Trinajstić information content (AvgIpc) is 3.42. The van der Waals surface area contributed by atoms with Gasteiger partial charge in [-0.05, 0) is 37.5 Å². The van der Waals surface area contributed by atoms with Crippen molar-refractivity contribution in [3.63, 3.8) is 0 Å². The van der Waals surface area contributed by atoms with Gasteiger partial charge in [0.15, 0.2) is 5.13 Å². The number of aromatic amines is 1. The van der Waals surface area contributed by atoms with Gasteiger partial charge in [0.05, 0.1) is 12.8 Å². The van der Waals surface area contributed by atoms with E-state index in [0.717, 1.165) is 35.1 Å². The van der Waals surface area contributed by atoms with Crippen LogP contribution in [-0.2, 0) is 22.9 Å². The summed E-state index contributed by atoms with van der Waals surface area (Å²) in [6.45, 7) is 3.86. The summed E-state index contributed by atoms with van der Waals surface area (Å²) >= 11 is 1.61. The van der Waals surface area contributed by atoms with Crippen LogP contribution in [0, 0.1) is 6.92 Å². The maximum Gasteiger partial charge on any atom is 0.276 e. The van der Waals surface area contributed by atoms with E-state index in [1.165, 1.54) is 16.1 Å². The van der Waals surface area contributed by atoms with Gasteiger partial charge in [-0.3, -0.25) is 0 Å². The summed E-state index contributed by atoms with van der Waals surface area (Å²) in [6, 6.07) is 8.09. The Balaban J connectivity index is 1.32. The van der Waals surface area contributed by atoms with Gasteiger partial charge in [-0.1, -0.05) is 12.1 Å². The van der Waals surface area contributed by atoms with Crippen molar-refractivity contribution >= 4 is 26.5 Å². The Morgan fingerprint density at radius 3 is 2.50 bits per heavy atom. The summed E-state index contributed by atoms with van der Waals surface area (Å²) in [7, 11) is -1.91. The van der Waals surface area contributed by atoms with Gasteiger partial charge in [-0.25, -0.2) is 18.4 Å². The lowest BCUT2D eigenvalue weighted by atomic mass is 10.1. The topological polar surface area (TPSA) is 91.4 Å². The molecule has 1 aliphatic heterocycles. The zero-order valence-corrected chi connectivity index (χ0v) is 18.7. The highest BCUT2D eigenvalue weighted by atomic mass is 32.2. The quantitative estimate of drug-likeness (QED) is 0.598. The minimum atomic E-state index is -3.57. The van der Waals surface area contributed by atoms with E-state index in [9.17, 15) is 8.42 Å². The van der Waals surface area contributed by atoms with Crippen molar-refractivity contribution in [2.75, 3.05) is 38.2 Å². The van der Waals surface area contributed by atoms with Gasteiger partial charge in [0.1, 0.15) is 5.75 Å². The van der Waals surface area contributed by atoms with Gasteiger partial charge in [0.25, 0.3) is 10.0 Å². The maximum absolute atomic E-state index is 12.7. The standard InChI is InChI=1S/C20H25N5O3S2/c1-15-13-21-19(22-15)30(26,27)25-11-9-24(10-12-25)20-23-17(14-29-20)6-3-16-4-7-18(28-2)8-5-16/h4-5,7-8,13-14H,3,6,9-12H2,1-2H3,(H,21,22). The minimum absolute atomic E-state index is 0.0171. The SMILES string of the molecule is COc1ccc(CCc2csc(N3CCN(S(=O)(=O)c4ncc(C)[nH]4)CC3)n2)cc1. The molecule has 3 aromatic rings. The van der Waals surface area contributed by atoms with E-state index in [0.29, 0.717) is 26.2 Å². The van der Waals surface area contributed by atoms with Crippen molar-refractivity contribution < 1.29 is 13.2 Å². The molecule has 160 valence electrons. The molecule has 0 amide bonds. The second-order valence-electron chi connectivity index (χ2n) is 7.23. The van der Waals surface area contributed by atoms with Gasteiger partial charge in [0, 0.05) is 43.4 Å². The lowest BCUT2D eigenvalue weighted by molar-refractivity contribution is 0.381. The Morgan fingerprint density at radius 2 is 1.87 bits per heavy atom. The van der Waals surface area contributed by atoms with Crippen LogP contribution >= 0.6 is 11.3 Å². The van der Waals surface area contributed by atoms with Gasteiger partial charge in [0.2, 0.25) is 5.16 Å². The molecule has 30 heavy (non-hydrogen) atoms. The van der Waals surface area contributed by atoms with E-state index in [2.05, 4.69) is 32.4 Å². The molecular weight excluding hydrogens is 422 g/mol. The van der Waals surface area contributed by atoms with Crippen molar-refractivity contribution in [3.8, 4) is 5.75 Å². The molecule has 10 heteroatoms. The number of nitrogens with zero attached hydrogens (tertiary/aromatic N) is 4. The summed E-state index contributed by atoms with van der Waals surface area (Å²) in [5.74, 6) is 0.859. The Morgan fingerprint density at radius 1 is 1.13 bits per heavy atom. The Labute approximate surface area is 180 Å². The molecule has 1 N–H and O–H groups in total. The van der Waals surface area contributed by atoms with Gasteiger partial charge >= 0.3 is 0 Å². The van der Waals surface area contributed by atoms with Crippen molar-refractivity contribution in [1.82, 2.24) is 19.3 Å². The number of benzene rings is 1. The third-order valence-electron chi connectivity index (χ3n) is 5.14. The fourth-order valence-electron chi connectivity index (χ4n) is 3.38. The van der Waals surface area contributed by atoms with Crippen LogP contribution in [0.3, 0.4) is 0 Å². The first kappa shape index (κ1) is 20.8. The van der Waals surface area contributed by atoms with Gasteiger partial charge < -0.3 is 14.6 Å². The number of H-pyrrole nitrogens is 1. The number of aryl methyl sites for hydroxylation is 3. The van der Waals surface area contributed by atoms with Crippen LogP contribution in [0.4, 0.5) is 5.13 Å². The van der Waals surface area contributed by atoms with Crippen LogP contribution in [0.1, 0.15) is 17.0 Å². The van der Waals surface area contributed by atoms with Crippen molar-refractivity contribution in [2.24, 2.45) is 0 Å². The highest BCUT2D eigenvalue weighted by Gasteiger charge is 2.31. The maximum atomic E-state index is 12.7. The van der Waals surface area contributed by atoms with Crippen LogP contribution in [-0.4, -0.2) is 61.0 Å². The summed E-state index contributed by atoms with van der Waals surface area (Å²) in [5.41, 5.74) is 3.04. The van der Waals surface area contributed by atoms with E-state index in [1.54, 1.807) is 25.4 Å². The first-order valence-corrected chi connectivity index (χ1v) is 12.1. The van der Waals surface area contributed by atoms with Crippen molar-refractivity contribution in [1.29, 1.82) is 0 Å². The fraction of sp³-hybridized carbons (Fsp3) is 0.400. The molecular formula is C20H25N5O3S2. The predicted molar refractivity (Wildman–Crippen MR) is 117 cm³/mol. The fourth-order valence-corrected chi connectivity index (χ4v) is 5.66. The van der Waals surface area contributed by atoms with Gasteiger partial charge in [-0.15, -0.1) is 11.3 Å². The van der Waals surface area contributed by atoms with E-state index >= 15 is 0 Å². The summed E-state index contributed by atoms with van der Waals surface area (Å²) < 4.78 is 32.1. The number of rotatable bonds is 7. The Bertz CT molecular complexity index is 1080. The molecule has 0 spiro atoms. The number of thiazole rings is 1. The summed E-state index contributed by atoms with van der Waals surface area (Å²) in [5, 5.41) is 3.06. The first-order valence-electron chi connectivity index (χ1n) is 9.80.